The van der Waals surface area contributed by atoms with Crippen LogP contribution in [0.2, 0.25) is 0 Å². The molecular formula is C12H23NO2. The van der Waals surface area contributed by atoms with Crippen molar-refractivity contribution in [2.24, 2.45) is 5.73 Å². The summed E-state index contributed by atoms with van der Waals surface area (Å²) in [6.45, 7) is 2.41. The highest BCUT2D eigenvalue weighted by Crippen LogP contribution is 2.17. The van der Waals surface area contributed by atoms with Crippen molar-refractivity contribution in [3.63, 3.8) is 0 Å². The quantitative estimate of drug-likeness (QED) is 0.657. The van der Waals surface area contributed by atoms with Gasteiger partial charge in [-0.25, -0.2) is 0 Å². The molecule has 1 heterocycles. The highest BCUT2D eigenvalue weighted by Gasteiger charge is 2.13. The van der Waals surface area contributed by atoms with E-state index in [9.17, 15) is 0 Å². The van der Waals surface area contributed by atoms with E-state index in [1.165, 1.54) is 18.4 Å². The Balaban J connectivity index is 2.28. The van der Waals surface area contributed by atoms with Crippen molar-refractivity contribution in [2.75, 3.05) is 26.9 Å². The largest absolute Gasteiger partial charge is 0.380 e. The molecule has 1 aliphatic heterocycles. The molecule has 1 saturated heterocycles. The molecule has 88 valence electrons. The molecule has 2 N–H and O–H groups in total. The lowest BCUT2D eigenvalue weighted by molar-refractivity contribution is 0.113. The zero-order valence-electron chi connectivity index (χ0n) is 9.71. The molecule has 0 radical (unpaired) electrons. The molecule has 1 aliphatic rings. The fraction of sp³-hybridized carbons (Fsp3) is 0.833. The maximum atomic E-state index is 5.58. The first kappa shape index (κ1) is 12.7. The minimum Gasteiger partial charge on any atom is -0.380 e. The summed E-state index contributed by atoms with van der Waals surface area (Å²) in [6, 6.07) is 0. The minimum atomic E-state index is 0.440. The fourth-order valence-corrected chi connectivity index (χ4v) is 1.88. The van der Waals surface area contributed by atoms with Gasteiger partial charge in [-0.3, -0.25) is 0 Å². The third kappa shape index (κ3) is 5.30. The summed E-state index contributed by atoms with van der Waals surface area (Å²) in [6.07, 6.45) is 8.25. The third-order valence-corrected chi connectivity index (χ3v) is 2.73. The Kier molecular flexibility index (Phi) is 6.64. The minimum absolute atomic E-state index is 0.440. The van der Waals surface area contributed by atoms with Crippen molar-refractivity contribution in [3.05, 3.63) is 11.6 Å². The third-order valence-electron chi connectivity index (χ3n) is 2.73. The van der Waals surface area contributed by atoms with Gasteiger partial charge >= 0.3 is 0 Å². The van der Waals surface area contributed by atoms with Crippen LogP contribution in [0.3, 0.4) is 0 Å². The molecule has 1 fully saturated rings. The van der Waals surface area contributed by atoms with Crippen molar-refractivity contribution in [1.29, 1.82) is 0 Å². The first-order valence-electron chi connectivity index (χ1n) is 5.85. The second-order valence-corrected chi connectivity index (χ2v) is 4.06. The predicted molar refractivity (Wildman–Crippen MR) is 61.8 cm³/mol. The molecular weight excluding hydrogens is 190 g/mol. The van der Waals surface area contributed by atoms with E-state index in [4.69, 9.17) is 15.2 Å². The summed E-state index contributed by atoms with van der Waals surface area (Å²) in [5, 5.41) is 0. The molecule has 0 aromatic rings. The van der Waals surface area contributed by atoms with E-state index in [0.717, 1.165) is 39.0 Å². The SMILES string of the molecule is COCC(=CCC1CCCO1)CCCN. The smallest absolute Gasteiger partial charge is 0.0673 e. The van der Waals surface area contributed by atoms with Gasteiger partial charge in [0.2, 0.25) is 0 Å². The van der Waals surface area contributed by atoms with Crippen LogP contribution in [0.4, 0.5) is 0 Å². The van der Waals surface area contributed by atoms with Crippen molar-refractivity contribution in [2.45, 2.75) is 38.2 Å². The van der Waals surface area contributed by atoms with Gasteiger partial charge in [-0.05, 0) is 44.2 Å². The Morgan fingerprint density at radius 3 is 3.07 bits per heavy atom. The molecule has 3 nitrogen and oxygen atoms in total. The summed E-state index contributed by atoms with van der Waals surface area (Å²) in [5.74, 6) is 0. The summed E-state index contributed by atoms with van der Waals surface area (Å²) in [4.78, 5) is 0. The first-order valence-corrected chi connectivity index (χ1v) is 5.85. The Labute approximate surface area is 92.6 Å². The normalized spacial score (nSPS) is 22.3. The van der Waals surface area contributed by atoms with Crippen LogP contribution >= 0.6 is 0 Å². The Morgan fingerprint density at radius 2 is 2.47 bits per heavy atom. The van der Waals surface area contributed by atoms with Crippen molar-refractivity contribution >= 4 is 0 Å². The van der Waals surface area contributed by atoms with Gasteiger partial charge in [0.25, 0.3) is 0 Å². The maximum absolute atomic E-state index is 5.58. The summed E-state index contributed by atoms with van der Waals surface area (Å²) >= 11 is 0. The number of methoxy groups -OCH3 is 1. The molecule has 3 heteroatoms. The number of ether oxygens (including phenoxy) is 2. The second-order valence-electron chi connectivity index (χ2n) is 4.06. The molecule has 0 saturated carbocycles. The Bertz CT molecular complexity index is 186. The first-order chi connectivity index (χ1) is 7.36. The van der Waals surface area contributed by atoms with Gasteiger partial charge < -0.3 is 15.2 Å². The summed E-state index contributed by atoms with van der Waals surface area (Å²) in [5.41, 5.74) is 6.86. The van der Waals surface area contributed by atoms with Crippen LogP contribution in [0.15, 0.2) is 11.6 Å². The zero-order valence-corrected chi connectivity index (χ0v) is 9.71. The van der Waals surface area contributed by atoms with Gasteiger partial charge in [-0.1, -0.05) is 6.08 Å². The molecule has 1 unspecified atom stereocenters. The van der Waals surface area contributed by atoms with Gasteiger partial charge in [0.15, 0.2) is 0 Å². The van der Waals surface area contributed by atoms with E-state index in [1.807, 2.05) is 0 Å². The van der Waals surface area contributed by atoms with Crippen LogP contribution in [-0.4, -0.2) is 33.0 Å². The van der Waals surface area contributed by atoms with Crippen LogP contribution in [0.5, 0.6) is 0 Å². The molecule has 0 aliphatic carbocycles. The number of nitrogens with two attached hydrogens (primary N) is 1. The lowest BCUT2D eigenvalue weighted by Gasteiger charge is -2.09. The predicted octanol–water partition coefficient (Wildman–Crippen LogP) is 1.87. The van der Waals surface area contributed by atoms with Gasteiger partial charge in [-0.15, -0.1) is 0 Å². The van der Waals surface area contributed by atoms with E-state index in [1.54, 1.807) is 7.11 Å². The topological polar surface area (TPSA) is 44.5 Å². The fourth-order valence-electron chi connectivity index (χ4n) is 1.88. The molecule has 0 aromatic heterocycles. The van der Waals surface area contributed by atoms with Crippen LogP contribution in [0, 0.1) is 0 Å². The van der Waals surface area contributed by atoms with E-state index >= 15 is 0 Å². The van der Waals surface area contributed by atoms with Crippen molar-refractivity contribution in [1.82, 2.24) is 0 Å². The average molecular weight is 213 g/mol. The molecule has 0 aromatic carbocycles. The number of hydrogen-bond acceptors (Lipinski definition) is 3. The van der Waals surface area contributed by atoms with Crippen LogP contribution in [-0.2, 0) is 9.47 Å². The maximum Gasteiger partial charge on any atom is 0.0673 e. The van der Waals surface area contributed by atoms with E-state index in [-0.39, 0.29) is 0 Å². The standard InChI is InChI=1S/C12H23NO2/c1-14-10-11(4-2-8-13)6-7-12-5-3-9-15-12/h6,12H,2-5,7-10,13H2,1H3. The monoisotopic (exact) mass is 213 g/mol. The highest BCUT2D eigenvalue weighted by atomic mass is 16.5. The van der Waals surface area contributed by atoms with E-state index in [0.29, 0.717) is 6.10 Å². The van der Waals surface area contributed by atoms with E-state index in [2.05, 4.69) is 6.08 Å². The van der Waals surface area contributed by atoms with Crippen molar-refractivity contribution < 1.29 is 9.47 Å². The van der Waals surface area contributed by atoms with Gasteiger partial charge in [0.05, 0.1) is 12.7 Å². The lowest BCUT2D eigenvalue weighted by atomic mass is 10.1. The molecule has 0 spiro atoms. The highest BCUT2D eigenvalue weighted by molar-refractivity contribution is 5.03. The molecule has 0 bridgehead atoms. The number of hydrogen-bond donors (Lipinski definition) is 1. The molecule has 1 rings (SSSR count). The van der Waals surface area contributed by atoms with Crippen molar-refractivity contribution in [3.8, 4) is 0 Å². The van der Waals surface area contributed by atoms with Gasteiger partial charge in [-0.2, -0.15) is 0 Å². The van der Waals surface area contributed by atoms with Gasteiger partial charge in [0, 0.05) is 13.7 Å². The lowest BCUT2D eigenvalue weighted by Crippen LogP contribution is -2.05. The second kappa shape index (κ2) is 7.85. The summed E-state index contributed by atoms with van der Waals surface area (Å²) in [7, 11) is 1.74. The molecule has 1 atom stereocenters. The zero-order chi connectivity index (χ0) is 10.9. The Morgan fingerprint density at radius 1 is 1.60 bits per heavy atom. The van der Waals surface area contributed by atoms with Crippen LogP contribution in [0.25, 0.3) is 0 Å². The van der Waals surface area contributed by atoms with Gasteiger partial charge in [0.1, 0.15) is 0 Å². The summed E-state index contributed by atoms with van der Waals surface area (Å²) < 4.78 is 10.7. The van der Waals surface area contributed by atoms with Crippen LogP contribution < -0.4 is 5.73 Å². The van der Waals surface area contributed by atoms with E-state index < -0.39 is 0 Å². The molecule has 0 amide bonds. The molecule has 15 heavy (non-hydrogen) atoms. The average Bonchev–Trinajstić information content (AvgIpc) is 2.75. The Hall–Kier alpha value is -0.380. The van der Waals surface area contributed by atoms with Crippen LogP contribution in [0.1, 0.15) is 32.1 Å². The number of rotatable bonds is 7.